The first-order valence-corrected chi connectivity index (χ1v) is 9.48. The Kier molecular flexibility index (Phi) is 8.12. The molecule has 2 atom stereocenters. The normalized spacial score (nSPS) is 26.0. The number of nitrogens with one attached hydrogen (secondary N) is 1. The van der Waals surface area contributed by atoms with E-state index in [1.165, 1.54) is 0 Å². The molecule has 21 heavy (non-hydrogen) atoms. The quantitative estimate of drug-likeness (QED) is 0.534. The number of aliphatic hydroxyl groups excluding tert-OH is 1. The Hall–Kier alpha value is -0.210. The highest BCUT2D eigenvalue weighted by atomic mass is 32.2. The van der Waals surface area contributed by atoms with Crippen LogP contribution in [-0.4, -0.2) is 69.6 Å². The molecule has 1 rings (SSSR count). The van der Waals surface area contributed by atoms with E-state index in [0.29, 0.717) is 26.2 Å². The second-order valence-electron chi connectivity index (χ2n) is 5.98. The highest BCUT2D eigenvalue weighted by Gasteiger charge is 2.38. The summed E-state index contributed by atoms with van der Waals surface area (Å²) < 4.78 is 33.6. The van der Waals surface area contributed by atoms with Gasteiger partial charge >= 0.3 is 0 Å². The summed E-state index contributed by atoms with van der Waals surface area (Å²) in [7, 11) is -2.93. The third kappa shape index (κ3) is 8.11. The van der Waals surface area contributed by atoms with Crippen molar-refractivity contribution < 1.29 is 23.0 Å². The molecule has 0 bridgehead atoms. The Morgan fingerprint density at radius 1 is 1.29 bits per heavy atom. The Labute approximate surface area is 128 Å². The molecule has 1 heterocycles. The van der Waals surface area contributed by atoms with Gasteiger partial charge in [-0.1, -0.05) is 13.3 Å². The predicted molar refractivity (Wildman–Crippen MR) is 82.2 cm³/mol. The van der Waals surface area contributed by atoms with Crippen LogP contribution in [0.15, 0.2) is 0 Å². The summed E-state index contributed by atoms with van der Waals surface area (Å²) in [5, 5.41) is 13.0. The van der Waals surface area contributed by atoms with Gasteiger partial charge < -0.3 is 19.9 Å². The van der Waals surface area contributed by atoms with Crippen LogP contribution in [0.5, 0.6) is 0 Å². The van der Waals surface area contributed by atoms with E-state index in [0.717, 1.165) is 19.4 Å². The number of rotatable bonds is 11. The molecular weight excluding hydrogens is 294 g/mol. The molecule has 126 valence electrons. The largest absolute Gasteiger partial charge is 0.389 e. The molecular formula is C14H29NO5S. The number of β-amino-alcohol motifs (C(OH)–C–C–N with tert-alkyl or cyclic N) is 1. The Bertz CT molecular complexity index is 387. The van der Waals surface area contributed by atoms with Crippen LogP contribution < -0.4 is 5.32 Å². The number of hydrogen-bond acceptors (Lipinski definition) is 6. The fourth-order valence-electron chi connectivity index (χ4n) is 2.26. The second-order valence-corrected chi connectivity index (χ2v) is 8.16. The maximum atomic E-state index is 11.5. The molecule has 1 fully saturated rings. The summed E-state index contributed by atoms with van der Waals surface area (Å²) in [4.78, 5) is 0. The molecule has 0 aliphatic carbocycles. The lowest BCUT2D eigenvalue weighted by molar-refractivity contribution is 0.00222. The number of hydrogen-bond donors (Lipinski definition) is 2. The summed E-state index contributed by atoms with van der Waals surface area (Å²) in [5.74, 6) is 0.358. The molecule has 2 unspecified atom stereocenters. The number of sulfone groups is 1. The standard InChI is InChI=1S/C14H29NO5S/c1-3-4-6-19-7-8-20-11-13(16)10-15-14(2)5-9-21(17,18)12-14/h13,15-16H,3-12H2,1-2H3. The molecule has 0 spiro atoms. The average molecular weight is 323 g/mol. The lowest BCUT2D eigenvalue weighted by Crippen LogP contribution is -2.47. The zero-order chi connectivity index (χ0) is 15.8. The highest BCUT2D eigenvalue weighted by molar-refractivity contribution is 7.91. The Morgan fingerprint density at radius 2 is 2.00 bits per heavy atom. The number of unbranched alkanes of at least 4 members (excludes halogenated alkanes) is 1. The molecule has 1 aliphatic rings. The van der Waals surface area contributed by atoms with E-state index in [1.807, 2.05) is 6.92 Å². The van der Waals surface area contributed by atoms with Crippen molar-refractivity contribution in [2.24, 2.45) is 0 Å². The summed E-state index contributed by atoms with van der Waals surface area (Å²) in [6.45, 7) is 6.31. The van der Waals surface area contributed by atoms with Crippen LogP contribution in [0.2, 0.25) is 0 Å². The van der Waals surface area contributed by atoms with Crippen LogP contribution in [0.1, 0.15) is 33.1 Å². The van der Waals surface area contributed by atoms with Gasteiger partial charge in [0, 0.05) is 18.7 Å². The van der Waals surface area contributed by atoms with Crippen LogP contribution in [0, 0.1) is 0 Å². The van der Waals surface area contributed by atoms with Crippen LogP contribution in [0.4, 0.5) is 0 Å². The molecule has 0 radical (unpaired) electrons. The zero-order valence-corrected chi connectivity index (χ0v) is 14.0. The molecule has 1 saturated heterocycles. The van der Waals surface area contributed by atoms with Crippen LogP contribution in [0.3, 0.4) is 0 Å². The van der Waals surface area contributed by atoms with Gasteiger partial charge in [-0.25, -0.2) is 8.42 Å². The van der Waals surface area contributed by atoms with Crippen molar-refractivity contribution in [3.05, 3.63) is 0 Å². The van der Waals surface area contributed by atoms with E-state index < -0.39 is 21.5 Å². The molecule has 0 aromatic carbocycles. The lowest BCUT2D eigenvalue weighted by Gasteiger charge is -2.25. The van der Waals surface area contributed by atoms with E-state index in [1.54, 1.807) is 0 Å². The average Bonchev–Trinajstić information content (AvgIpc) is 2.70. The molecule has 1 aliphatic heterocycles. The molecule has 7 heteroatoms. The Balaban J connectivity index is 2.05. The van der Waals surface area contributed by atoms with Gasteiger partial charge in [0.2, 0.25) is 0 Å². The van der Waals surface area contributed by atoms with Crippen molar-refractivity contribution in [1.82, 2.24) is 5.32 Å². The minimum Gasteiger partial charge on any atom is -0.389 e. The fraction of sp³-hybridized carbons (Fsp3) is 1.00. The van der Waals surface area contributed by atoms with Gasteiger partial charge in [-0.15, -0.1) is 0 Å². The first-order valence-electron chi connectivity index (χ1n) is 7.66. The fourth-order valence-corrected chi connectivity index (χ4v) is 4.38. The van der Waals surface area contributed by atoms with Gasteiger partial charge in [0.25, 0.3) is 0 Å². The van der Waals surface area contributed by atoms with Crippen LogP contribution >= 0.6 is 0 Å². The minimum absolute atomic E-state index is 0.138. The molecule has 6 nitrogen and oxygen atoms in total. The maximum Gasteiger partial charge on any atom is 0.152 e. The van der Waals surface area contributed by atoms with Crippen molar-refractivity contribution in [3.8, 4) is 0 Å². The van der Waals surface area contributed by atoms with Gasteiger partial charge in [-0.05, 0) is 19.8 Å². The van der Waals surface area contributed by atoms with Crippen molar-refractivity contribution in [3.63, 3.8) is 0 Å². The zero-order valence-electron chi connectivity index (χ0n) is 13.1. The first kappa shape index (κ1) is 18.8. The monoisotopic (exact) mass is 323 g/mol. The summed E-state index contributed by atoms with van der Waals surface area (Å²) in [6.07, 6.45) is 2.11. The third-order valence-electron chi connectivity index (χ3n) is 3.59. The molecule has 0 aromatic rings. The van der Waals surface area contributed by atoms with Crippen molar-refractivity contribution in [1.29, 1.82) is 0 Å². The molecule has 0 saturated carbocycles. The first-order chi connectivity index (χ1) is 9.87. The van der Waals surface area contributed by atoms with E-state index in [2.05, 4.69) is 12.2 Å². The van der Waals surface area contributed by atoms with Crippen LogP contribution in [-0.2, 0) is 19.3 Å². The smallest absolute Gasteiger partial charge is 0.152 e. The lowest BCUT2D eigenvalue weighted by atomic mass is 10.0. The molecule has 2 N–H and O–H groups in total. The van der Waals surface area contributed by atoms with Gasteiger partial charge in [-0.3, -0.25) is 0 Å². The highest BCUT2D eigenvalue weighted by Crippen LogP contribution is 2.22. The number of ether oxygens (including phenoxy) is 2. The molecule has 0 amide bonds. The maximum absolute atomic E-state index is 11.5. The minimum atomic E-state index is -2.93. The van der Waals surface area contributed by atoms with E-state index in [9.17, 15) is 13.5 Å². The third-order valence-corrected chi connectivity index (χ3v) is 5.50. The van der Waals surface area contributed by atoms with Gasteiger partial charge in [0.15, 0.2) is 9.84 Å². The number of aliphatic hydroxyl groups is 1. The summed E-state index contributed by atoms with van der Waals surface area (Å²) in [6, 6.07) is 0. The van der Waals surface area contributed by atoms with Gasteiger partial charge in [0.05, 0.1) is 37.4 Å². The Morgan fingerprint density at radius 3 is 2.62 bits per heavy atom. The van der Waals surface area contributed by atoms with Gasteiger partial charge in [-0.2, -0.15) is 0 Å². The van der Waals surface area contributed by atoms with Crippen molar-refractivity contribution in [2.45, 2.75) is 44.8 Å². The van der Waals surface area contributed by atoms with E-state index in [4.69, 9.17) is 9.47 Å². The van der Waals surface area contributed by atoms with Crippen LogP contribution in [0.25, 0.3) is 0 Å². The SMILES string of the molecule is CCCCOCCOCC(O)CNC1(C)CCS(=O)(=O)C1. The van der Waals surface area contributed by atoms with Crippen molar-refractivity contribution in [2.75, 3.05) is 44.5 Å². The van der Waals surface area contributed by atoms with E-state index in [-0.39, 0.29) is 18.1 Å². The second kappa shape index (κ2) is 9.05. The van der Waals surface area contributed by atoms with E-state index >= 15 is 0 Å². The summed E-state index contributed by atoms with van der Waals surface area (Å²) in [5.41, 5.74) is -0.428. The van der Waals surface area contributed by atoms with Crippen molar-refractivity contribution >= 4 is 9.84 Å². The van der Waals surface area contributed by atoms with Gasteiger partial charge in [0.1, 0.15) is 0 Å². The summed E-state index contributed by atoms with van der Waals surface area (Å²) >= 11 is 0. The topological polar surface area (TPSA) is 84.9 Å². The predicted octanol–water partition coefficient (Wildman–Crippen LogP) is 0.347. The molecule has 0 aromatic heterocycles.